The summed E-state index contributed by atoms with van der Waals surface area (Å²) in [6, 6.07) is 0. The third-order valence-electron chi connectivity index (χ3n) is 2.39. The Hall–Kier alpha value is -1.10. The van der Waals surface area contributed by atoms with E-state index in [9.17, 15) is 4.79 Å². The highest BCUT2D eigenvalue weighted by Gasteiger charge is 2.34. The zero-order valence-electron chi connectivity index (χ0n) is 10.2. The molecule has 1 rings (SSSR count). The summed E-state index contributed by atoms with van der Waals surface area (Å²) in [4.78, 5) is 16.0. The third kappa shape index (κ3) is 2.95. The number of nitrogens with one attached hydrogen (secondary N) is 1. The average Bonchev–Trinajstić information content (AvgIpc) is 2.62. The van der Waals surface area contributed by atoms with Gasteiger partial charge in [0.1, 0.15) is 5.54 Å². The lowest BCUT2D eigenvalue weighted by molar-refractivity contribution is -0.145. The first-order valence-corrected chi connectivity index (χ1v) is 6.18. The number of methoxy groups -OCH3 is 1. The maximum Gasteiger partial charge on any atom is 0.331 e. The van der Waals surface area contributed by atoms with Gasteiger partial charge in [-0.15, -0.1) is 11.3 Å². The molecule has 1 unspecified atom stereocenters. The molecule has 16 heavy (non-hydrogen) atoms. The Morgan fingerprint density at radius 3 is 2.81 bits per heavy atom. The number of hydrogen-bond acceptors (Lipinski definition) is 5. The van der Waals surface area contributed by atoms with Gasteiger partial charge >= 0.3 is 5.97 Å². The van der Waals surface area contributed by atoms with E-state index in [1.807, 2.05) is 26.2 Å². The lowest BCUT2D eigenvalue weighted by Crippen LogP contribution is -2.44. The van der Waals surface area contributed by atoms with Crippen molar-refractivity contribution in [2.45, 2.75) is 39.2 Å². The minimum Gasteiger partial charge on any atom is -0.467 e. The molecule has 0 aliphatic heterocycles. The summed E-state index contributed by atoms with van der Waals surface area (Å²) in [6.45, 7) is 5.81. The van der Waals surface area contributed by atoms with Crippen molar-refractivity contribution in [2.24, 2.45) is 0 Å². The van der Waals surface area contributed by atoms with Gasteiger partial charge in [0.25, 0.3) is 0 Å². The number of esters is 1. The van der Waals surface area contributed by atoms with Gasteiger partial charge in [-0.1, -0.05) is 13.3 Å². The normalized spacial score (nSPS) is 14.2. The standard InChI is InChI=1S/C11H18N2O2S/c1-5-6-11(3,9(14)15-4)13-10-12-8(2)7-16-10/h7H,5-6H2,1-4H3,(H,12,13). The van der Waals surface area contributed by atoms with Crippen LogP contribution < -0.4 is 5.32 Å². The van der Waals surface area contributed by atoms with Gasteiger partial charge in [0.05, 0.1) is 12.8 Å². The van der Waals surface area contributed by atoms with Gasteiger partial charge in [-0.3, -0.25) is 0 Å². The number of ether oxygens (including phenoxy) is 1. The Balaban J connectivity index is 2.82. The number of nitrogens with zero attached hydrogens (tertiary/aromatic N) is 1. The first-order chi connectivity index (χ1) is 7.51. The Kier molecular flexibility index (Phi) is 4.29. The van der Waals surface area contributed by atoms with Gasteiger partial charge in [0.2, 0.25) is 0 Å². The smallest absolute Gasteiger partial charge is 0.331 e. The van der Waals surface area contributed by atoms with E-state index in [0.717, 1.165) is 23.7 Å². The monoisotopic (exact) mass is 242 g/mol. The highest BCUT2D eigenvalue weighted by Crippen LogP contribution is 2.24. The first-order valence-electron chi connectivity index (χ1n) is 5.30. The molecule has 5 heteroatoms. The molecule has 0 fully saturated rings. The van der Waals surface area contributed by atoms with Crippen molar-refractivity contribution >= 4 is 22.4 Å². The van der Waals surface area contributed by atoms with E-state index in [1.54, 1.807) is 0 Å². The largest absolute Gasteiger partial charge is 0.467 e. The van der Waals surface area contributed by atoms with Crippen LogP contribution in [0.2, 0.25) is 0 Å². The predicted molar refractivity (Wildman–Crippen MR) is 65.8 cm³/mol. The summed E-state index contributed by atoms with van der Waals surface area (Å²) in [7, 11) is 1.41. The second kappa shape index (κ2) is 5.30. The molecule has 1 N–H and O–H groups in total. The van der Waals surface area contributed by atoms with Gasteiger partial charge in [0.15, 0.2) is 5.13 Å². The molecule has 0 radical (unpaired) electrons. The van der Waals surface area contributed by atoms with Crippen molar-refractivity contribution in [3.63, 3.8) is 0 Å². The molecule has 0 saturated carbocycles. The van der Waals surface area contributed by atoms with Crippen LogP contribution in [0.4, 0.5) is 5.13 Å². The van der Waals surface area contributed by atoms with E-state index in [4.69, 9.17) is 4.74 Å². The molecular formula is C11H18N2O2S. The SMILES string of the molecule is CCCC(C)(Nc1nc(C)cs1)C(=O)OC. The highest BCUT2D eigenvalue weighted by molar-refractivity contribution is 7.13. The minimum atomic E-state index is -0.687. The summed E-state index contributed by atoms with van der Waals surface area (Å²) in [6.07, 6.45) is 1.63. The Labute approximate surface area is 100 Å². The Morgan fingerprint density at radius 1 is 1.69 bits per heavy atom. The fourth-order valence-corrected chi connectivity index (χ4v) is 2.40. The second-order valence-electron chi connectivity index (χ2n) is 3.99. The van der Waals surface area contributed by atoms with Crippen molar-refractivity contribution in [1.82, 2.24) is 4.98 Å². The second-order valence-corrected chi connectivity index (χ2v) is 4.85. The van der Waals surface area contributed by atoms with Crippen molar-refractivity contribution in [2.75, 3.05) is 12.4 Å². The summed E-state index contributed by atoms with van der Waals surface area (Å²) in [5.41, 5.74) is 0.268. The van der Waals surface area contributed by atoms with Gasteiger partial charge in [-0.25, -0.2) is 9.78 Å². The molecule has 1 atom stereocenters. The number of aryl methyl sites for hydroxylation is 1. The van der Waals surface area contributed by atoms with Crippen molar-refractivity contribution in [1.29, 1.82) is 0 Å². The molecule has 0 aromatic carbocycles. The van der Waals surface area contributed by atoms with Gasteiger partial charge in [-0.05, 0) is 20.3 Å². The van der Waals surface area contributed by atoms with Crippen LogP contribution in [0, 0.1) is 6.92 Å². The molecule has 1 aromatic heterocycles. The number of rotatable bonds is 5. The minimum absolute atomic E-state index is 0.248. The van der Waals surface area contributed by atoms with Crippen molar-refractivity contribution in [3.05, 3.63) is 11.1 Å². The molecule has 90 valence electrons. The maximum atomic E-state index is 11.7. The third-order valence-corrected chi connectivity index (χ3v) is 3.26. The number of carbonyl (C=O) groups is 1. The van der Waals surface area contributed by atoms with Crippen LogP contribution in [-0.4, -0.2) is 23.6 Å². The van der Waals surface area contributed by atoms with Crippen LogP contribution >= 0.6 is 11.3 Å². The molecule has 1 aromatic rings. The summed E-state index contributed by atoms with van der Waals surface area (Å²) < 4.78 is 4.82. The van der Waals surface area contributed by atoms with E-state index in [0.29, 0.717) is 0 Å². The molecular weight excluding hydrogens is 224 g/mol. The van der Waals surface area contributed by atoms with Gasteiger partial charge in [0, 0.05) is 5.38 Å². The average molecular weight is 242 g/mol. The quantitative estimate of drug-likeness (QED) is 0.806. The van der Waals surface area contributed by atoms with E-state index < -0.39 is 5.54 Å². The zero-order valence-corrected chi connectivity index (χ0v) is 11.0. The lowest BCUT2D eigenvalue weighted by atomic mass is 9.97. The summed E-state index contributed by atoms with van der Waals surface area (Å²) >= 11 is 1.50. The molecule has 0 saturated heterocycles. The number of hydrogen-bond donors (Lipinski definition) is 1. The van der Waals surface area contributed by atoms with E-state index in [2.05, 4.69) is 10.3 Å². The molecule has 4 nitrogen and oxygen atoms in total. The molecule has 0 spiro atoms. The lowest BCUT2D eigenvalue weighted by Gasteiger charge is -2.27. The number of thiazole rings is 1. The Morgan fingerprint density at radius 2 is 2.38 bits per heavy atom. The van der Waals surface area contributed by atoms with Crippen molar-refractivity contribution in [3.8, 4) is 0 Å². The van der Waals surface area contributed by atoms with Crippen LogP contribution in [0.15, 0.2) is 5.38 Å². The predicted octanol–water partition coefficient (Wildman–Crippen LogP) is 2.60. The molecule has 0 bridgehead atoms. The van der Waals surface area contributed by atoms with Crippen LogP contribution in [0.1, 0.15) is 32.4 Å². The van der Waals surface area contributed by atoms with E-state index in [-0.39, 0.29) is 5.97 Å². The van der Waals surface area contributed by atoms with Crippen LogP contribution in [0.3, 0.4) is 0 Å². The summed E-state index contributed by atoms with van der Waals surface area (Å²) in [5, 5.41) is 5.87. The number of anilines is 1. The fraction of sp³-hybridized carbons (Fsp3) is 0.636. The topological polar surface area (TPSA) is 51.2 Å². The van der Waals surface area contributed by atoms with Gasteiger partial charge < -0.3 is 10.1 Å². The molecule has 0 aliphatic carbocycles. The van der Waals surface area contributed by atoms with Crippen LogP contribution in [-0.2, 0) is 9.53 Å². The van der Waals surface area contributed by atoms with E-state index >= 15 is 0 Å². The van der Waals surface area contributed by atoms with Crippen LogP contribution in [0.25, 0.3) is 0 Å². The molecule has 0 aliphatic rings. The molecule has 1 heterocycles. The highest BCUT2D eigenvalue weighted by atomic mass is 32.1. The van der Waals surface area contributed by atoms with Gasteiger partial charge in [-0.2, -0.15) is 0 Å². The summed E-state index contributed by atoms with van der Waals surface area (Å²) in [5.74, 6) is -0.248. The fourth-order valence-electron chi connectivity index (χ4n) is 1.59. The molecule has 0 amide bonds. The maximum absolute atomic E-state index is 11.7. The van der Waals surface area contributed by atoms with E-state index in [1.165, 1.54) is 18.4 Å². The first kappa shape index (κ1) is 13.0. The van der Waals surface area contributed by atoms with Crippen molar-refractivity contribution < 1.29 is 9.53 Å². The zero-order chi connectivity index (χ0) is 12.2. The number of aromatic nitrogens is 1. The van der Waals surface area contributed by atoms with Crippen LogP contribution in [0.5, 0.6) is 0 Å². The Bertz CT molecular complexity index is 365. The number of carbonyl (C=O) groups excluding carboxylic acids is 1.